The third kappa shape index (κ3) is 6.40. The summed E-state index contributed by atoms with van der Waals surface area (Å²) in [5.74, 6) is -0.0448. The van der Waals surface area contributed by atoms with Crippen LogP contribution in [0.3, 0.4) is 0 Å². The number of benzene rings is 1. The summed E-state index contributed by atoms with van der Waals surface area (Å²) in [7, 11) is 1.70. The van der Waals surface area contributed by atoms with Crippen LogP contribution in [-0.2, 0) is 19.0 Å². The third-order valence-electron chi connectivity index (χ3n) is 3.93. The zero-order valence-corrected chi connectivity index (χ0v) is 18.0. The molecule has 0 radical (unpaired) electrons. The Morgan fingerprint density at radius 2 is 2.04 bits per heavy atom. The van der Waals surface area contributed by atoms with E-state index in [1.54, 1.807) is 32.7 Å². The smallest absolute Gasteiger partial charge is 0.441 e. The molecule has 1 aliphatic rings. The van der Waals surface area contributed by atoms with E-state index < -0.39 is 24.0 Å². The van der Waals surface area contributed by atoms with Crippen molar-refractivity contribution in [2.45, 2.75) is 45.3 Å². The Kier molecular flexibility index (Phi) is 7.29. The van der Waals surface area contributed by atoms with Gasteiger partial charge in [-0.2, -0.15) is 0 Å². The number of carbonyl (C=O) groups excluding carboxylic acids is 3. The van der Waals surface area contributed by atoms with E-state index in [9.17, 15) is 14.4 Å². The number of alkyl carbamates (subject to hydrolysis) is 1. The predicted octanol–water partition coefficient (Wildman–Crippen LogP) is 3.92. The molecule has 1 aromatic rings. The van der Waals surface area contributed by atoms with Crippen molar-refractivity contribution in [2.75, 3.05) is 25.1 Å². The minimum absolute atomic E-state index is 0.0422. The Morgan fingerprint density at radius 1 is 1.32 bits per heavy atom. The number of hydrogen-bond acceptors (Lipinski definition) is 6. The highest BCUT2D eigenvalue weighted by Crippen LogP contribution is 2.36. The molecule has 0 fully saturated rings. The Morgan fingerprint density at radius 3 is 2.71 bits per heavy atom. The van der Waals surface area contributed by atoms with Crippen LogP contribution in [0, 0.1) is 0 Å². The van der Waals surface area contributed by atoms with Gasteiger partial charge in [-0.15, -0.1) is 0 Å². The van der Waals surface area contributed by atoms with E-state index in [4.69, 9.17) is 14.2 Å². The molecule has 0 spiro atoms. The lowest BCUT2D eigenvalue weighted by atomic mass is 10.0. The highest BCUT2D eigenvalue weighted by molar-refractivity contribution is 9.10. The largest absolute Gasteiger partial charge is 0.508 e. The summed E-state index contributed by atoms with van der Waals surface area (Å²) in [6.07, 6.45) is -1.35. The number of anilines is 1. The summed E-state index contributed by atoms with van der Waals surface area (Å²) in [5, 5.41) is 2.53. The summed E-state index contributed by atoms with van der Waals surface area (Å²) >= 11 is 3.40. The third-order valence-corrected chi connectivity index (χ3v) is 4.42. The van der Waals surface area contributed by atoms with Crippen molar-refractivity contribution in [1.29, 1.82) is 0 Å². The summed E-state index contributed by atoms with van der Waals surface area (Å²) in [5.41, 5.74) is 0.815. The average molecular weight is 457 g/mol. The van der Waals surface area contributed by atoms with E-state index in [0.29, 0.717) is 12.1 Å². The maximum Gasteiger partial charge on any atom is 0.508 e. The number of ether oxygens (including phenoxy) is 3. The summed E-state index contributed by atoms with van der Waals surface area (Å²) in [4.78, 5) is 37.3. The van der Waals surface area contributed by atoms with Gasteiger partial charge in [-0.3, -0.25) is 4.79 Å². The van der Waals surface area contributed by atoms with Crippen LogP contribution in [0.25, 0.3) is 0 Å². The van der Waals surface area contributed by atoms with Gasteiger partial charge in [0.15, 0.2) is 0 Å². The zero-order valence-electron chi connectivity index (χ0n) is 16.4. The van der Waals surface area contributed by atoms with Crippen LogP contribution < -0.4 is 10.2 Å². The predicted molar refractivity (Wildman–Crippen MR) is 106 cm³/mol. The maximum absolute atomic E-state index is 12.2. The summed E-state index contributed by atoms with van der Waals surface area (Å²) in [6.45, 7) is 5.23. The van der Waals surface area contributed by atoms with Crippen LogP contribution >= 0.6 is 15.9 Å². The SMILES string of the molecule is CN1C(=O)CCC(OC(=O)NCCOC(=O)OC(C)(C)C)c2ccc(Br)cc21. The van der Waals surface area contributed by atoms with Crippen LogP contribution in [0.5, 0.6) is 0 Å². The molecular weight excluding hydrogens is 432 g/mol. The molecule has 1 aromatic carbocycles. The lowest BCUT2D eigenvalue weighted by Crippen LogP contribution is -2.31. The molecule has 1 heterocycles. The second kappa shape index (κ2) is 9.27. The van der Waals surface area contributed by atoms with Gasteiger partial charge in [0.2, 0.25) is 5.91 Å². The van der Waals surface area contributed by atoms with Gasteiger partial charge in [-0.25, -0.2) is 9.59 Å². The first kappa shape index (κ1) is 22.0. The average Bonchev–Trinajstić information content (AvgIpc) is 2.69. The highest BCUT2D eigenvalue weighted by Gasteiger charge is 2.28. The second-order valence-electron chi connectivity index (χ2n) is 7.33. The Labute approximate surface area is 172 Å². The van der Waals surface area contributed by atoms with E-state index in [0.717, 1.165) is 10.0 Å². The summed E-state index contributed by atoms with van der Waals surface area (Å²) in [6, 6.07) is 5.49. The maximum atomic E-state index is 12.2. The fraction of sp³-hybridized carbons (Fsp3) is 0.526. The van der Waals surface area contributed by atoms with Crippen LogP contribution in [0.4, 0.5) is 15.3 Å². The molecule has 0 saturated carbocycles. The number of nitrogens with one attached hydrogen (secondary N) is 1. The van der Waals surface area contributed by atoms with Crippen molar-refractivity contribution in [3.63, 3.8) is 0 Å². The number of amides is 2. The van der Waals surface area contributed by atoms with Crippen molar-refractivity contribution in [3.05, 3.63) is 28.2 Å². The van der Waals surface area contributed by atoms with Gasteiger partial charge in [0.1, 0.15) is 18.3 Å². The molecule has 2 rings (SSSR count). The molecule has 0 aromatic heterocycles. The van der Waals surface area contributed by atoms with Crippen LogP contribution in [0.2, 0.25) is 0 Å². The Hall–Kier alpha value is -2.29. The zero-order chi connectivity index (χ0) is 20.9. The van der Waals surface area contributed by atoms with E-state index in [-0.39, 0.29) is 25.5 Å². The molecule has 1 atom stereocenters. The van der Waals surface area contributed by atoms with Crippen molar-refractivity contribution in [1.82, 2.24) is 5.32 Å². The van der Waals surface area contributed by atoms with Crippen molar-refractivity contribution < 1.29 is 28.6 Å². The standard InChI is InChI=1S/C19H25BrN2O6/c1-19(2,3)28-18(25)26-10-9-21-17(24)27-15-7-8-16(23)22(4)14-11-12(20)5-6-13(14)15/h5-6,11,15H,7-10H2,1-4H3,(H,21,24). The van der Waals surface area contributed by atoms with Gasteiger partial charge >= 0.3 is 12.2 Å². The van der Waals surface area contributed by atoms with Crippen LogP contribution in [0.15, 0.2) is 22.7 Å². The first-order valence-electron chi connectivity index (χ1n) is 8.93. The van der Waals surface area contributed by atoms with Crippen molar-refractivity contribution in [3.8, 4) is 0 Å². The first-order valence-corrected chi connectivity index (χ1v) is 9.72. The topological polar surface area (TPSA) is 94.2 Å². The fourth-order valence-electron chi connectivity index (χ4n) is 2.65. The van der Waals surface area contributed by atoms with Gasteiger partial charge in [0.25, 0.3) is 0 Å². The minimum Gasteiger partial charge on any atom is -0.441 e. The lowest BCUT2D eigenvalue weighted by molar-refractivity contribution is -0.118. The number of hydrogen-bond donors (Lipinski definition) is 1. The number of rotatable bonds is 4. The quantitative estimate of drug-likeness (QED) is 0.544. The van der Waals surface area contributed by atoms with Gasteiger partial charge < -0.3 is 24.4 Å². The lowest BCUT2D eigenvalue weighted by Gasteiger charge is -2.21. The Balaban J connectivity index is 1.89. The van der Waals surface area contributed by atoms with Gasteiger partial charge in [-0.05, 0) is 39.3 Å². The van der Waals surface area contributed by atoms with E-state index in [2.05, 4.69) is 21.2 Å². The van der Waals surface area contributed by atoms with E-state index >= 15 is 0 Å². The van der Waals surface area contributed by atoms with E-state index in [1.165, 1.54) is 0 Å². The molecule has 28 heavy (non-hydrogen) atoms. The minimum atomic E-state index is -0.799. The van der Waals surface area contributed by atoms with Gasteiger partial charge in [0, 0.05) is 23.5 Å². The monoisotopic (exact) mass is 456 g/mol. The molecule has 1 N–H and O–H groups in total. The highest BCUT2D eigenvalue weighted by atomic mass is 79.9. The number of halogens is 1. The summed E-state index contributed by atoms with van der Waals surface area (Å²) < 4.78 is 16.2. The van der Waals surface area contributed by atoms with Crippen LogP contribution in [0.1, 0.15) is 45.3 Å². The van der Waals surface area contributed by atoms with Crippen LogP contribution in [-0.4, -0.2) is 44.0 Å². The van der Waals surface area contributed by atoms with Crippen molar-refractivity contribution in [2.24, 2.45) is 0 Å². The number of carbonyl (C=O) groups is 3. The molecule has 1 unspecified atom stereocenters. The van der Waals surface area contributed by atoms with Gasteiger partial charge in [-0.1, -0.05) is 22.0 Å². The Bertz CT molecular complexity index is 746. The second-order valence-corrected chi connectivity index (χ2v) is 8.24. The number of fused-ring (bicyclic) bond motifs is 1. The normalized spacial score (nSPS) is 16.7. The molecule has 1 aliphatic heterocycles. The van der Waals surface area contributed by atoms with Gasteiger partial charge in [0.05, 0.1) is 12.2 Å². The first-order chi connectivity index (χ1) is 13.1. The molecule has 0 bridgehead atoms. The van der Waals surface area contributed by atoms with E-state index in [1.807, 2.05) is 18.2 Å². The molecule has 8 nitrogen and oxygen atoms in total. The van der Waals surface area contributed by atoms with Crippen molar-refractivity contribution >= 4 is 39.8 Å². The molecule has 0 saturated heterocycles. The molecule has 154 valence electrons. The number of nitrogens with zero attached hydrogens (tertiary/aromatic N) is 1. The fourth-order valence-corrected chi connectivity index (χ4v) is 3.00. The molecule has 2 amide bonds. The molecule has 9 heteroatoms. The molecular formula is C19H25BrN2O6. The molecule has 0 aliphatic carbocycles.